The first kappa shape index (κ1) is 13.5. The monoisotopic (exact) mass is 316 g/mol. The summed E-state index contributed by atoms with van der Waals surface area (Å²) in [5, 5.41) is 5.90. The molecule has 1 aromatic carbocycles. The average molecular weight is 317 g/mol. The highest BCUT2D eigenvalue weighted by molar-refractivity contribution is 9.10. The van der Waals surface area contributed by atoms with E-state index in [2.05, 4.69) is 26.6 Å². The van der Waals surface area contributed by atoms with Gasteiger partial charge in [0, 0.05) is 24.7 Å². The summed E-state index contributed by atoms with van der Waals surface area (Å²) in [5.74, 6) is -0.975. The summed E-state index contributed by atoms with van der Waals surface area (Å²) in [6, 6.07) is 4.30. The Balaban J connectivity index is 2.12. The molecule has 1 fully saturated rings. The molecule has 0 saturated carbocycles. The number of carbonyl (C=O) groups is 1. The molecule has 0 bridgehead atoms. The van der Waals surface area contributed by atoms with Gasteiger partial charge in [-0.25, -0.2) is 4.39 Å². The van der Waals surface area contributed by atoms with E-state index in [1.54, 1.807) is 19.2 Å². The summed E-state index contributed by atoms with van der Waals surface area (Å²) in [5.41, 5.74) is 0.0271. The quantitative estimate of drug-likeness (QED) is 0.884. The molecule has 0 radical (unpaired) electrons. The SMILES string of the molecule is CO[C@H]1CNC[C@H]1NC(=O)c1c(F)cccc1Br. The fourth-order valence-corrected chi connectivity index (χ4v) is 2.52. The minimum atomic E-state index is -0.540. The minimum Gasteiger partial charge on any atom is -0.378 e. The van der Waals surface area contributed by atoms with E-state index in [-0.39, 0.29) is 17.7 Å². The van der Waals surface area contributed by atoms with Gasteiger partial charge >= 0.3 is 0 Å². The molecule has 4 nitrogen and oxygen atoms in total. The van der Waals surface area contributed by atoms with E-state index in [9.17, 15) is 9.18 Å². The van der Waals surface area contributed by atoms with Crippen molar-refractivity contribution in [3.05, 3.63) is 34.1 Å². The Hall–Kier alpha value is -0.980. The molecule has 0 aliphatic carbocycles. The molecule has 2 atom stereocenters. The van der Waals surface area contributed by atoms with Crippen LogP contribution < -0.4 is 10.6 Å². The predicted molar refractivity (Wildman–Crippen MR) is 69.0 cm³/mol. The predicted octanol–water partition coefficient (Wildman–Crippen LogP) is 1.30. The van der Waals surface area contributed by atoms with Crippen LogP contribution in [0.2, 0.25) is 0 Å². The van der Waals surface area contributed by atoms with Gasteiger partial charge in [-0.2, -0.15) is 0 Å². The van der Waals surface area contributed by atoms with Gasteiger partial charge in [0.2, 0.25) is 0 Å². The number of methoxy groups -OCH3 is 1. The van der Waals surface area contributed by atoms with Gasteiger partial charge in [0.25, 0.3) is 5.91 Å². The number of hydrogen-bond donors (Lipinski definition) is 2. The van der Waals surface area contributed by atoms with Gasteiger partial charge in [-0.15, -0.1) is 0 Å². The lowest BCUT2D eigenvalue weighted by atomic mass is 10.1. The highest BCUT2D eigenvalue weighted by atomic mass is 79.9. The first-order valence-corrected chi connectivity index (χ1v) is 6.41. The number of amides is 1. The number of benzene rings is 1. The van der Waals surface area contributed by atoms with Crippen LogP contribution in [0.1, 0.15) is 10.4 Å². The summed E-state index contributed by atoms with van der Waals surface area (Å²) in [4.78, 5) is 12.0. The molecule has 1 amide bonds. The molecular formula is C12H14BrFN2O2. The Kier molecular flexibility index (Phi) is 4.31. The number of rotatable bonds is 3. The lowest BCUT2D eigenvalue weighted by molar-refractivity contribution is 0.0776. The number of halogens is 2. The topological polar surface area (TPSA) is 50.4 Å². The maximum atomic E-state index is 13.6. The van der Waals surface area contributed by atoms with Crippen molar-refractivity contribution in [2.75, 3.05) is 20.2 Å². The zero-order chi connectivity index (χ0) is 13.1. The summed E-state index contributed by atoms with van der Waals surface area (Å²) in [7, 11) is 1.59. The largest absolute Gasteiger partial charge is 0.378 e. The third-order valence-electron chi connectivity index (χ3n) is 2.97. The Morgan fingerprint density at radius 2 is 2.33 bits per heavy atom. The molecule has 0 unspecified atom stereocenters. The normalized spacial score (nSPS) is 23.1. The lowest BCUT2D eigenvalue weighted by Crippen LogP contribution is -2.43. The van der Waals surface area contributed by atoms with E-state index in [4.69, 9.17) is 4.74 Å². The molecule has 1 heterocycles. The molecule has 1 aromatic rings. The Bertz CT molecular complexity index is 435. The maximum absolute atomic E-state index is 13.6. The van der Waals surface area contributed by atoms with Crippen molar-refractivity contribution < 1.29 is 13.9 Å². The van der Waals surface area contributed by atoms with Crippen LogP contribution in [0.25, 0.3) is 0 Å². The maximum Gasteiger partial charge on any atom is 0.255 e. The first-order chi connectivity index (χ1) is 8.63. The van der Waals surface area contributed by atoms with Crippen LogP contribution in [-0.2, 0) is 4.74 Å². The van der Waals surface area contributed by atoms with Crippen LogP contribution in [0.4, 0.5) is 4.39 Å². The van der Waals surface area contributed by atoms with Gasteiger partial charge in [0.1, 0.15) is 5.82 Å². The van der Waals surface area contributed by atoms with Gasteiger partial charge in [-0.05, 0) is 28.1 Å². The van der Waals surface area contributed by atoms with Crippen LogP contribution in [0.3, 0.4) is 0 Å². The van der Waals surface area contributed by atoms with Crippen LogP contribution in [0.5, 0.6) is 0 Å². The fourth-order valence-electron chi connectivity index (χ4n) is 2.00. The molecule has 2 rings (SSSR count). The summed E-state index contributed by atoms with van der Waals surface area (Å²) in [6.45, 7) is 1.30. The van der Waals surface area contributed by atoms with Crippen LogP contribution in [0.15, 0.2) is 22.7 Å². The van der Waals surface area contributed by atoms with E-state index in [1.807, 2.05) is 0 Å². The Morgan fingerprint density at radius 1 is 1.56 bits per heavy atom. The Morgan fingerprint density at radius 3 is 3.00 bits per heavy atom. The highest BCUT2D eigenvalue weighted by Gasteiger charge is 2.29. The second-order valence-electron chi connectivity index (χ2n) is 4.11. The van der Waals surface area contributed by atoms with Crippen molar-refractivity contribution in [1.29, 1.82) is 0 Å². The Labute approximate surface area is 113 Å². The standard InChI is InChI=1S/C12H14BrFN2O2/c1-18-10-6-15-5-9(10)16-12(17)11-7(13)3-2-4-8(11)14/h2-4,9-10,15H,5-6H2,1H3,(H,16,17)/t9-,10+/m1/s1. The van der Waals surface area contributed by atoms with E-state index >= 15 is 0 Å². The van der Waals surface area contributed by atoms with Gasteiger partial charge < -0.3 is 15.4 Å². The molecule has 1 aliphatic rings. The van der Waals surface area contributed by atoms with Crippen molar-refractivity contribution in [3.63, 3.8) is 0 Å². The lowest BCUT2D eigenvalue weighted by Gasteiger charge is -2.19. The van der Waals surface area contributed by atoms with E-state index in [0.717, 1.165) is 0 Å². The molecular weight excluding hydrogens is 303 g/mol. The van der Waals surface area contributed by atoms with Gasteiger partial charge in [0.15, 0.2) is 0 Å². The molecule has 1 saturated heterocycles. The summed E-state index contributed by atoms with van der Waals surface area (Å²) in [6.07, 6.45) is -0.0838. The number of nitrogens with one attached hydrogen (secondary N) is 2. The molecule has 2 N–H and O–H groups in total. The number of hydrogen-bond acceptors (Lipinski definition) is 3. The summed E-state index contributed by atoms with van der Waals surface area (Å²) >= 11 is 3.18. The van der Waals surface area contributed by atoms with Crippen molar-refractivity contribution in [2.45, 2.75) is 12.1 Å². The number of carbonyl (C=O) groups excluding carboxylic acids is 1. The molecule has 1 aliphatic heterocycles. The third-order valence-corrected chi connectivity index (χ3v) is 3.63. The van der Waals surface area contributed by atoms with Crippen LogP contribution in [0, 0.1) is 5.82 Å². The molecule has 0 aromatic heterocycles. The summed E-state index contributed by atoms with van der Waals surface area (Å²) < 4.78 is 19.3. The zero-order valence-electron chi connectivity index (χ0n) is 9.87. The minimum absolute atomic E-state index is 0.0271. The average Bonchev–Trinajstić information content (AvgIpc) is 2.76. The molecule has 18 heavy (non-hydrogen) atoms. The van der Waals surface area contributed by atoms with Crippen LogP contribution >= 0.6 is 15.9 Å². The van der Waals surface area contributed by atoms with Gasteiger partial charge in [-0.1, -0.05) is 6.07 Å². The van der Waals surface area contributed by atoms with E-state index < -0.39 is 11.7 Å². The second-order valence-corrected chi connectivity index (χ2v) is 4.96. The smallest absolute Gasteiger partial charge is 0.255 e. The van der Waals surface area contributed by atoms with Gasteiger partial charge in [0.05, 0.1) is 17.7 Å². The fraction of sp³-hybridized carbons (Fsp3) is 0.417. The van der Waals surface area contributed by atoms with Crippen molar-refractivity contribution in [1.82, 2.24) is 10.6 Å². The van der Waals surface area contributed by atoms with Crippen molar-refractivity contribution >= 4 is 21.8 Å². The van der Waals surface area contributed by atoms with Crippen molar-refractivity contribution in [2.24, 2.45) is 0 Å². The van der Waals surface area contributed by atoms with Crippen molar-refractivity contribution in [3.8, 4) is 0 Å². The van der Waals surface area contributed by atoms with E-state index in [0.29, 0.717) is 17.6 Å². The number of ether oxygens (including phenoxy) is 1. The third kappa shape index (κ3) is 2.71. The highest BCUT2D eigenvalue weighted by Crippen LogP contribution is 2.20. The first-order valence-electron chi connectivity index (χ1n) is 5.62. The molecule has 98 valence electrons. The zero-order valence-corrected chi connectivity index (χ0v) is 11.5. The van der Waals surface area contributed by atoms with E-state index in [1.165, 1.54) is 6.07 Å². The van der Waals surface area contributed by atoms with Gasteiger partial charge in [-0.3, -0.25) is 4.79 Å². The second kappa shape index (κ2) is 5.77. The molecule has 6 heteroatoms. The molecule has 0 spiro atoms. The van der Waals surface area contributed by atoms with Crippen LogP contribution in [-0.4, -0.2) is 38.3 Å².